The third kappa shape index (κ3) is 3.01. The molecular weight excluding hydrogens is 368 g/mol. The van der Waals surface area contributed by atoms with Crippen LogP contribution >= 0.6 is 11.3 Å². The summed E-state index contributed by atoms with van der Waals surface area (Å²) in [6.45, 7) is 5.16. The summed E-state index contributed by atoms with van der Waals surface area (Å²) >= 11 is 1.47. The normalized spacial score (nSPS) is 12.6. The molecule has 0 fully saturated rings. The standard InChI is InChI=1S/C23H24N2O2S/c1-13-11-18(27-4)19(16-7-5-15(6-8-16)14(2)12-24-3)20-17-9-10-28-22(17)23(26)25-21(13)20/h5-11,14,24H,12H2,1-4H3,(H,25,26)/t14-/m1/s1. The molecule has 0 amide bonds. The van der Waals surface area contributed by atoms with Crippen molar-refractivity contribution >= 4 is 32.3 Å². The first-order chi connectivity index (χ1) is 13.5. The molecule has 2 N–H and O–H groups in total. The molecule has 4 rings (SSSR count). The molecule has 0 aliphatic rings. The summed E-state index contributed by atoms with van der Waals surface area (Å²) in [5, 5.41) is 7.23. The van der Waals surface area contributed by atoms with Crippen LogP contribution < -0.4 is 15.6 Å². The molecule has 1 atom stereocenters. The summed E-state index contributed by atoms with van der Waals surface area (Å²) < 4.78 is 6.51. The SMILES string of the molecule is CNC[C@@H](C)c1ccc(-c2c(OC)cc(C)c3[nH]c(=O)c4sccc4c23)cc1. The number of hydrogen-bond acceptors (Lipinski definition) is 4. The number of rotatable bonds is 5. The zero-order valence-corrected chi connectivity index (χ0v) is 17.4. The first-order valence-corrected chi connectivity index (χ1v) is 10.3. The van der Waals surface area contributed by atoms with Gasteiger partial charge in [0.25, 0.3) is 5.56 Å². The van der Waals surface area contributed by atoms with Crippen molar-refractivity contribution in [3.63, 3.8) is 0 Å². The van der Waals surface area contributed by atoms with Gasteiger partial charge in [0.1, 0.15) is 10.4 Å². The lowest BCUT2D eigenvalue weighted by atomic mass is 9.93. The smallest absolute Gasteiger partial charge is 0.266 e. The first kappa shape index (κ1) is 18.7. The van der Waals surface area contributed by atoms with Crippen molar-refractivity contribution in [2.24, 2.45) is 0 Å². The topological polar surface area (TPSA) is 54.1 Å². The van der Waals surface area contributed by atoms with Crippen molar-refractivity contribution in [3.05, 3.63) is 63.3 Å². The van der Waals surface area contributed by atoms with Crippen molar-refractivity contribution < 1.29 is 4.74 Å². The van der Waals surface area contributed by atoms with E-state index in [0.717, 1.165) is 50.0 Å². The number of aryl methyl sites for hydroxylation is 1. The molecule has 0 aliphatic heterocycles. The minimum absolute atomic E-state index is 0.0343. The van der Waals surface area contributed by atoms with E-state index in [-0.39, 0.29) is 5.56 Å². The monoisotopic (exact) mass is 392 g/mol. The quantitative estimate of drug-likeness (QED) is 0.500. The summed E-state index contributed by atoms with van der Waals surface area (Å²) in [6.07, 6.45) is 0. The Kier molecular flexibility index (Phi) is 4.96. The molecule has 144 valence electrons. The van der Waals surface area contributed by atoms with Gasteiger partial charge in [-0.25, -0.2) is 0 Å². The average Bonchev–Trinajstić information content (AvgIpc) is 3.19. The number of ether oxygens (including phenoxy) is 1. The van der Waals surface area contributed by atoms with Crippen LogP contribution in [0.3, 0.4) is 0 Å². The maximum atomic E-state index is 12.5. The molecular formula is C23H24N2O2S. The maximum absolute atomic E-state index is 12.5. The third-order valence-electron chi connectivity index (χ3n) is 5.37. The number of nitrogens with one attached hydrogen (secondary N) is 2. The van der Waals surface area contributed by atoms with Crippen LogP contribution in [0.5, 0.6) is 5.75 Å². The number of thiophene rings is 1. The van der Waals surface area contributed by atoms with Crippen LogP contribution in [0.1, 0.15) is 24.0 Å². The Morgan fingerprint density at radius 1 is 1.21 bits per heavy atom. The summed E-state index contributed by atoms with van der Waals surface area (Å²) in [4.78, 5) is 15.6. The van der Waals surface area contributed by atoms with Crippen molar-refractivity contribution in [2.45, 2.75) is 19.8 Å². The van der Waals surface area contributed by atoms with Gasteiger partial charge in [-0.3, -0.25) is 4.79 Å². The minimum atomic E-state index is -0.0343. The number of benzene rings is 2. The highest BCUT2D eigenvalue weighted by molar-refractivity contribution is 7.17. The van der Waals surface area contributed by atoms with E-state index in [1.54, 1.807) is 7.11 Å². The van der Waals surface area contributed by atoms with Gasteiger partial charge in [-0.05, 0) is 54.1 Å². The van der Waals surface area contributed by atoms with Crippen LogP contribution in [0.15, 0.2) is 46.6 Å². The van der Waals surface area contributed by atoms with E-state index in [9.17, 15) is 4.79 Å². The Balaban J connectivity index is 2.02. The fourth-order valence-electron chi connectivity index (χ4n) is 3.92. The van der Waals surface area contributed by atoms with E-state index in [4.69, 9.17) is 4.74 Å². The van der Waals surface area contributed by atoms with Gasteiger partial charge in [0.05, 0.1) is 12.6 Å². The van der Waals surface area contributed by atoms with Crippen LogP contribution in [0.25, 0.3) is 32.1 Å². The second kappa shape index (κ2) is 7.41. The second-order valence-corrected chi connectivity index (χ2v) is 8.14. The molecule has 0 unspecified atom stereocenters. The first-order valence-electron chi connectivity index (χ1n) is 9.40. The highest BCUT2D eigenvalue weighted by Crippen LogP contribution is 2.41. The maximum Gasteiger partial charge on any atom is 0.266 e. The van der Waals surface area contributed by atoms with Crippen LogP contribution in [0, 0.1) is 6.92 Å². The molecule has 4 nitrogen and oxygen atoms in total. The molecule has 0 radical (unpaired) electrons. The lowest BCUT2D eigenvalue weighted by Crippen LogP contribution is -2.14. The highest BCUT2D eigenvalue weighted by atomic mass is 32.1. The van der Waals surface area contributed by atoms with Crippen LogP contribution in [-0.2, 0) is 0 Å². The number of pyridine rings is 1. The highest BCUT2D eigenvalue weighted by Gasteiger charge is 2.18. The number of likely N-dealkylation sites (N-methyl/N-ethyl adjacent to an activating group) is 1. The number of hydrogen-bond donors (Lipinski definition) is 2. The molecule has 2 aromatic carbocycles. The van der Waals surface area contributed by atoms with E-state index in [0.29, 0.717) is 5.92 Å². The summed E-state index contributed by atoms with van der Waals surface area (Å²) in [7, 11) is 3.67. The van der Waals surface area contributed by atoms with Crippen molar-refractivity contribution in [3.8, 4) is 16.9 Å². The second-order valence-electron chi connectivity index (χ2n) is 7.22. The van der Waals surface area contributed by atoms with Crippen LogP contribution in [0.4, 0.5) is 0 Å². The molecule has 5 heteroatoms. The van der Waals surface area contributed by atoms with E-state index in [1.165, 1.54) is 16.9 Å². The number of methoxy groups -OCH3 is 1. The lowest BCUT2D eigenvalue weighted by Gasteiger charge is -2.17. The molecule has 2 heterocycles. The van der Waals surface area contributed by atoms with E-state index >= 15 is 0 Å². The number of H-pyrrole nitrogens is 1. The minimum Gasteiger partial charge on any atom is -0.496 e. The summed E-state index contributed by atoms with van der Waals surface area (Å²) in [5.74, 6) is 1.26. The molecule has 0 aliphatic carbocycles. The largest absolute Gasteiger partial charge is 0.496 e. The molecule has 0 spiro atoms. The fourth-order valence-corrected chi connectivity index (χ4v) is 4.71. The summed E-state index contributed by atoms with van der Waals surface area (Å²) in [6, 6.07) is 12.7. The van der Waals surface area contributed by atoms with Crippen LogP contribution in [0.2, 0.25) is 0 Å². The van der Waals surface area contributed by atoms with E-state index in [1.807, 2.05) is 31.5 Å². The van der Waals surface area contributed by atoms with Crippen LogP contribution in [-0.4, -0.2) is 25.7 Å². The van der Waals surface area contributed by atoms with Crippen molar-refractivity contribution in [2.75, 3.05) is 20.7 Å². The Labute approximate surface area is 168 Å². The fraction of sp³-hybridized carbons (Fsp3) is 0.261. The molecule has 0 saturated carbocycles. The van der Waals surface area contributed by atoms with Gasteiger partial charge >= 0.3 is 0 Å². The van der Waals surface area contributed by atoms with Crippen molar-refractivity contribution in [1.29, 1.82) is 0 Å². The number of aromatic amines is 1. The zero-order valence-electron chi connectivity index (χ0n) is 16.6. The molecule has 2 aromatic heterocycles. The third-order valence-corrected chi connectivity index (χ3v) is 6.28. The van der Waals surface area contributed by atoms with E-state index in [2.05, 4.69) is 41.5 Å². The molecule has 4 aromatic rings. The Morgan fingerprint density at radius 2 is 1.96 bits per heavy atom. The van der Waals surface area contributed by atoms with E-state index < -0.39 is 0 Å². The molecule has 0 bridgehead atoms. The van der Waals surface area contributed by atoms with Gasteiger partial charge in [0.2, 0.25) is 0 Å². The van der Waals surface area contributed by atoms with Gasteiger partial charge in [-0.15, -0.1) is 11.3 Å². The Bertz CT molecular complexity index is 1210. The van der Waals surface area contributed by atoms with Gasteiger partial charge in [0.15, 0.2) is 0 Å². The van der Waals surface area contributed by atoms with Gasteiger partial charge in [-0.2, -0.15) is 0 Å². The molecule has 0 saturated heterocycles. The Morgan fingerprint density at radius 3 is 2.64 bits per heavy atom. The van der Waals surface area contributed by atoms with Crippen molar-refractivity contribution in [1.82, 2.24) is 10.3 Å². The molecule has 28 heavy (non-hydrogen) atoms. The van der Waals surface area contributed by atoms with Gasteiger partial charge < -0.3 is 15.0 Å². The lowest BCUT2D eigenvalue weighted by molar-refractivity contribution is 0.416. The zero-order chi connectivity index (χ0) is 19.8. The van der Waals surface area contributed by atoms with Gasteiger partial charge in [-0.1, -0.05) is 31.2 Å². The van der Waals surface area contributed by atoms with Gasteiger partial charge in [0, 0.05) is 22.9 Å². The predicted molar refractivity (Wildman–Crippen MR) is 119 cm³/mol. The predicted octanol–water partition coefficient (Wildman–Crippen LogP) is 5.05. The summed E-state index contributed by atoms with van der Waals surface area (Å²) in [5.41, 5.74) is 5.24. The average molecular weight is 393 g/mol. The Hall–Kier alpha value is -2.63. The number of aromatic nitrogens is 1. The number of fused-ring (bicyclic) bond motifs is 3.